The number of amides is 1. The van der Waals surface area contributed by atoms with E-state index in [9.17, 15) is 15.0 Å². The van der Waals surface area contributed by atoms with Crippen molar-refractivity contribution in [3.8, 4) is 11.8 Å². The van der Waals surface area contributed by atoms with Crippen LogP contribution in [0, 0.1) is 16.5 Å². The van der Waals surface area contributed by atoms with Crippen molar-refractivity contribution < 1.29 is 19.7 Å². The number of hydrogen-bond acceptors (Lipinski definition) is 6. The highest BCUT2D eigenvalue weighted by molar-refractivity contribution is 7.71. The van der Waals surface area contributed by atoms with Crippen LogP contribution >= 0.6 is 46.8 Å². The van der Waals surface area contributed by atoms with E-state index >= 15 is 0 Å². The lowest BCUT2D eigenvalue weighted by atomic mass is 10.1. The molecule has 10 heteroatoms. The molecule has 3 N–H and O–H groups in total. The molecule has 3 atom stereocenters. The van der Waals surface area contributed by atoms with Gasteiger partial charge >= 0.3 is 0 Å². The molecule has 1 amide bonds. The molecular formula is C17H16Cl2N2O4S2. The molecular weight excluding hydrogens is 431 g/mol. The lowest BCUT2D eigenvalue weighted by molar-refractivity contribution is -0.119. The van der Waals surface area contributed by atoms with E-state index in [4.69, 9.17) is 40.2 Å². The molecule has 1 saturated heterocycles. The maximum absolute atomic E-state index is 11.4. The van der Waals surface area contributed by atoms with Crippen LogP contribution in [0.3, 0.4) is 0 Å². The predicted molar refractivity (Wildman–Crippen MR) is 108 cm³/mol. The van der Waals surface area contributed by atoms with E-state index in [1.54, 1.807) is 10.8 Å². The molecule has 144 valence electrons. The van der Waals surface area contributed by atoms with Crippen LogP contribution in [-0.4, -0.2) is 50.9 Å². The van der Waals surface area contributed by atoms with E-state index in [0.29, 0.717) is 16.6 Å². The average Bonchev–Trinajstić information content (AvgIpc) is 3.27. The van der Waals surface area contributed by atoms with Crippen LogP contribution in [0.4, 0.5) is 0 Å². The minimum absolute atomic E-state index is 0.0985. The fourth-order valence-electron chi connectivity index (χ4n) is 2.78. The Morgan fingerprint density at radius 1 is 1.56 bits per heavy atom. The van der Waals surface area contributed by atoms with Crippen molar-refractivity contribution in [2.45, 2.75) is 29.7 Å². The number of nitrogens with zero attached hydrogens (tertiary/aromatic N) is 1. The molecule has 1 fully saturated rings. The van der Waals surface area contributed by atoms with Gasteiger partial charge in [-0.25, -0.2) is 0 Å². The zero-order valence-corrected chi connectivity index (χ0v) is 17.0. The Morgan fingerprint density at radius 2 is 2.33 bits per heavy atom. The second-order valence-electron chi connectivity index (χ2n) is 5.85. The Balaban J connectivity index is 1.90. The molecule has 1 aliphatic heterocycles. The van der Waals surface area contributed by atoms with Crippen molar-refractivity contribution >= 4 is 62.7 Å². The molecule has 27 heavy (non-hydrogen) atoms. The number of aromatic nitrogens is 1. The number of aliphatic hydroxyl groups is 2. The van der Waals surface area contributed by atoms with E-state index < -0.39 is 29.2 Å². The first-order valence-corrected chi connectivity index (χ1v) is 10.2. The molecule has 6 nitrogen and oxygen atoms in total. The number of halogens is 2. The lowest BCUT2D eigenvalue weighted by Gasteiger charge is -2.17. The zero-order valence-electron chi connectivity index (χ0n) is 13.9. The van der Waals surface area contributed by atoms with E-state index in [2.05, 4.69) is 17.2 Å². The van der Waals surface area contributed by atoms with Gasteiger partial charge in [-0.2, -0.15) is 0 Å². The molecule has 3 rings (SSSR count). The van der Waals surface area contributed by atoms with Gasteiger partial charge in [0.15, 0.2) is 4.84 Å². The number of thiophene rings is 1. The number of nitrogens with one attached hydrogen (secondary N) is 1. The van der Waals surface area contributed by atoms with Crippen LogP contribution in [0.15, 0.2) is 17.6 Å². The largest absolute Gasteiger partial charge is 0.394 e. The molecule has 0 aromatic carbocycles. The Hall–Kier alpha value is -1.18. The number of fused-ring (bicyclic) bond motifs is 1. The molecule has 0 radical (unpaired) electrons. The first kappa shape index (κ1) is 20.6. The summed E-state index contributed by atoms with van der Waals surface area (Å²) in [6.07, 6.45) is 0.218. The summed E-state index contributed by atoms with van der Waals surface area (Å²) < 4.78 is 8.94. The summed E-state index contributed by atoms with van der Waals surface area (Å²) in [5.41, 5.74) is 0.716. The fraction of sp³-hybridized carbons (Fsp3) is 0.412. The number of ether oxygens (including phenoxy) is 1. The molecule has 3 heterocycles. The number of carbonyl (C=O) groups is 1. The minimum Gasteiger partial charge on any atom is -0.394 e. The third-order valence-corrected chi connectivity index (χ3v) is 5.98. The highest BCUT2D eigenvalue weighted by atomic mass is 35.5. The second kappa shape index (κ2) is 8.88. The van der Waals surface area contributed by atoms with Crippen LogP contribution in [-0.2, 0) is 9.53 Å². The Bertz CT molecular complexity index is 963. The molecule has 1 unspecified atom stereocenters. The van der Waals surface area contributed by atoms with Crippen LogP contribution < -0.4 is 5.32 Å². The maximum Gasteiger partial charge on any atom is 0.254 e. The highest BCUT2D eigenvalue weighted by Crippen LogP contribution is 2.33. The number of aliphatic hydroxyl groups excluding tert-OH is 2. The molecule has 0 saturated carbocycles. The van der Waals surface area contributed by atoms with Crippen LogP contribution in [0.25, 0.3) is 10.1 Å². The third kappa shape index (κ3) is 4.46. The number of rotatable bonds is 4. The lowest BCUT2D eigenvalue weighted by Crippen LogP contribution is -2.28. The van der Waals surface area contributed by atoms with Gasteiger partial charge < -0.3 is 24.8 Å². The van der Waals surface area contributed by atoms with Crippen molar-refractivity contribution in [1.82, 2.24) is 9.88 Å². The van der Waals surface area contributed by atoms with Gasteiger partial charge in [-0.3, -0.25) is 4.79 Å². The van der Waals surface area contributed by atoms with E-state index in [-0.39, 0.29) is 13.2 Å². The first-order chi connectivity index (χ1) is 12.9. The summed E-state index contributed by atoms with van der Waals surface area (Å²) in [5, 5.41) is 24.6. The van der Waals surface area contributed by atoms with Crippen molar-refractivity contribution in [2.24, 2.45) is 0 Å². The number of hydrogen-bond donors (Lipinski definition) is 3. The van der Waals surface area contributed by atoms with Gasteiger partial charge in [-0.1, -0.05) is 47.3 Å². The summed E-state index contributed by atoms with van der Waals surface area (Å²) >= 11 is 18.0. The molecule has 2 aromatic heterocycles. The maximum atomic E-state index is 11.4. The number of carbonyl (C=O) groups excluding carboxylic acids is 1. The minimum atomic E-state index is -1.14. The van der Waals surface area contributed by atoms with Gasteiger partial charge in [-0.15, -0.1) is 11.3 Å². The Labute approximate surface area is 174 Å². The summed E-state index contributed by atoms with van der Waals surface area (Å²) in [7, 11) is 0. The summed E-state index contributed by atoms with van der Waals surface area (Å²) in [6.45, 7) is -0.165. The smallest absolute Gasteiger partial charge is 0.254 e. The fourth-order valence-corrected chi connectivity index (χ4v) is 4.21. The Morgan fingerprint density at radius 3 is 3.00 bits per heavy atom. The van der Waals surface area contributed by atoms with Gasteiger partial charge in [0.1, 0.15) is 17.0 Å². The standard InChI is InChI=1S/C17H16Cl2N2O4S2/c18-15(19)16(24)20-4-1-2-9-7-21(13-6-11(23)12(8-22)25-13)17(26)14-10(9)3-5-27-14/h3,5,7,11-13,15,22-23H,4,6,8H2,(H,20,24)/t11?,12-,13-/m1/s1. The predicted octanol–water partition coefficient (Wildman–Crippen LogP) is 2.34. The number of pyridine rings is 1. The summed E-state index contributed by atoms with van der Waals surface area (Å²) in [5.74, 6) is 5.37. The van der Waals surface area contributed by atoms with E-state index in [1.165, 1.54) is 11.3 Å². The molecule has 0 bridgehead atoms. The van der Waals surface area contributed by atoms with Gasteiger partial charge in [0, 0.05) is 23.6 Å². The second-order valence-corrected chi connectivity index (χ2v) is 8.25. The number of alkyl halides is 2. The van der Waals surface area contributed by atoms with Crippen LogP contribution in [0.1, 0.15) is 18.2 Å². The zero-order chi connectivity index (χ0) is 19.6. The average molecular weight is 447 g/mol. The van der Waals surface area contributed by atoms with Gasteiger partial charge in [0.2, 0.25) is 0 Å². The van der Waals surface area contributed by atoms with Crippen molar-refractivity contribution in [3.63, 3.8) is 0 Å². The van der Waals surface area contributed by atoms with Crippen molar-refractivity contribution in [1.29, 1.82) is 0 Å². The quantitative estimate of drug-likeness (QED) is 0.381. The summed E-state index contributed by atoms with van der Waals surface area (Å²) in [4.78, 5) is 10.2. The van der Waals surface area contributed by atoms with Crippen molar-refractivity contribution in [3.05, 3.63) is 27.8 Å². The van der Waals surface area contributed by atoms with Crippen LogP contribution in [0.2, 0.25) is 0 Å². The normalized spacial score (nSPS) is 22.0. The molecule has 0 aliphatic carbocycles. The molecule has 2 aromatic rings. The first-order valence-electron chi connectivity index (χ1n) is 8.03. The SMILES string of the molecule is O=C(NCC#Cc1cn([C@H]2CC(O)[C@@H](CO)O2)c(=S)c2sccc12)C(Cl)Cl. The van der Waals surface area contributed by atoms with E-state index in [0.717, 1.165) is 10.1 Å². The third-order valence-electron chi connectivity index (χ3n) is 4.12. The Kier molecular flexibility index (Phi) is 6.76. The van der Waals surface area contributed by atoms with Gasteiger partial charge in [0.25, 0.3) is 5.91 Å². The summed E-state index contributed by atoms with van der Waals surface area (Å²) in [6, 6.07) is 1.93. The highest BCUT2D eigenvalue weighted by Gasteiger charge is 2.34. The van der Waals surface area contributed by atoms with Crippen LogP contribution in [0.5, 0.6) is 0 Å². The molecule has 0 spiro atoms. The van der Waals surface area contributed by atoms with E-state index in [1.807, 2.05) is 11.4 Å². The van der Waals surface area contributed by atoms with Crippen molar-refractivity contribution in [2.75, 3.05) is 13.2 Å². The van der Waals surface area contributed by atoms with Gasteiger partial charge in [-0.05, 0) is 11.4 Å². The monoisotopic (exact) mass is 446 g/mol. The van der Waals surface area contributed by atoms with Gasteiger partial charge in [0.05, 0.1) is 24.0 Å². The topological polar surface area (TPSA) is 83.7 Å². The molecule has 1 aliphatic rings.